The maximum absolute atomic E-state index is 14.2. The molecule has 0 bridgehead atoms. The lowest BCUT2D eigenvalue weighted by Gasteiger charge is -2.34. The van der Waals surface area contributed by atoms with Crippen LogP contribution in [0.1, 0.15) is 51.7 Å². The second kappa shape index (κ2) is 15.5. The molecule has 0 aromatic heterocycles. The molecule has 3 aromatic carbocycles. The van der Waals surface area contributed by atoms with Crippen molar-refractivity contribution in [3.8, 4) is 5.75 Å². The van der Waals surface area contributed by atoms with Gasteiger partial charge in [0.15, 0.2) is 0 Å². The van der Waals surface area contributed by atoms with Crippen LogP contribution < -0.4 is 14.4 Å². The monoisotopic (exact) mass is 647 g/mol. The molecule has 2 atom stereocenters. The average Bonchev–Trinajstić information content (AvgIpc) is 2.97. The summed E-state index contributed by atoms with van der Waals surface area (Å²) in [5, 5.41) is 3.72. The topological polar surface area (TPSA) is 96.0 Å². The van der Waals surface area contributed by atoms with Crippen molar-refractivity contribution in [2.75, 3.05) is 17.5 Å². The van der Waals surface area contributed by atoms with Gasteiger partial charge < -0.3 is 15.0 Å². The van der Waals surface area contributed by atoms with Gasteiger partial charge in [0.2, 0.25) is 11.8 Å². The first-order valence-corrected chi connectivity index (χ1v) is 16.5. The third kappa shape index (κ3) is 8.87. The average molecular weight is 649 g/mol. The summed E-state index contributed by atoms with van der Waals surface area (Å²) in [6, 6.07) is 16.8. The zero-order chi connectivity index (χ0) is 31.7. The van der Waals surface area contributed by atoms with Crippen LogP contribution in [0.3, 0.4) is 0 Å². The first-order valence-electron chi connectivity index (χ1n) is 14.3. The number of nitrogens with one attached hydrogen (secondary N) is 1. The smallest absolute Gasteiger partial charge is 0.264 e. The van der Waals surface area contributed by atoms with E-state index in [0.29, 0.717) is 46.5 Å². The Morgan fingerprint density at radius 2 is 1.58 bits per heavy atom. The van der Waals surface area contributed by atoms with E-state index in [4.69, 9.17) is 27.9 Å². The Morgan fingerprint density at radius 1 is 0.930 bits per heavy atom. The Balaban J connectivity index is 2.07. The number of benzene rings is 3. The summed E-state index contributed by atoms with van der Waals surface area (Å²) >= 11 is 12.6. The van der Waals surface area contributed by atoms with E-state index in [-0.39, 0.29) is 23.4 Å². The van der Waals surface area contributed by atoms with Gasteiger partial charge in [0, 0.05) is 22.6 Å². The Kier molecular flexibility index (Phi) is 12.3. The van der Waals surface area contributed by atoms with Gasteiger partial charge in [-0.15, -0.1) is 0 Å². The van der Waals surface area contributed by atoms with Crippen LogP contribution in [0, 0.1) is 6.92 Å². The summed E-state index contributed by atoms with van der Waals surface area (Å²) in [5.41, 5.74) is 1.82. The molecule has 3 rings (SSSR count). The zero-order valence-electron chi connectivity index (χ0n) is 25.1. The number of amides is 2. The van der Waals surface area contributed by atoms with Crippen LogP contribution in [-0.2, 0) is 26.2 Å². The van der Waals surface area contributed by atoms with E-state index in [0.717, 1.165) is 9.87 Å². The molecule has 0 saturated heterocycles. The second-order valence-electron chi connectivity index (χ2n) is 10.3. The minimum Gasteiger partial charge on any atom is -0.494 e. The molecule has 2 amide bonds. The molecular formula is C32H39Cl2N3O5S. The molecule has 0 aliphatic rings. The van der Waals surface area contributed by atoms with Gasteiger partial charge in [-0.1, -0.05) is 60.8 Å². The number of halogens is 2. The number of sulfonamides is 1. The van der Waals surface area contributed by atoms with Crippen molar-refractivity contribution in [3.63, 3.8) is 0 Å². The van der Waals surface area contributed by atoms with Crippen molar-refractivity contribution in [1.29, 1.82) is 0 Å². The van der Waals surface area contributed by atoms with Gasteiger partial charge in [0.25, 0.3) is 10.0 Å². The minimum atomic E-state index is -4.20. The lowest BCUT2D eigenvalue weighted by Crippen LogP contribution is -2.53. The first kappa shape index (κ1) is 34.2. The van der Waals surface area contributed by atoms with Gasteiger partial charge in [-0.2, -0.15) is 0 Å². The normalized spacial score (nSPS) is 12.7. The maximum atomic E-state index is 14.2. The molecule has 43 heavy (non-hydrogen) atoms. The highest BCUT2D eigenvalue weighted by Crippen LogP contribution is 2.28. The van der Waals surface area contributed by atoms with Gasteiger partial charge in [-0.3, -0.25) is 13.9 Å². The van der Waals surface area contributed by atoms with Crippen molar-refractivity contribution in [1.82, 2.24) is 10.2 Å². The lowest BCUT2D eigenvalue weighted by molar-refractivity contribution is -0.140. The first-order chi connectivity index (χ1) is 20.4. The van der Waals surface area contributed by atoms with Gasteiger partial charge >= 0.3 is 0 Å². The van der Waals surface area contributed by atoms with Crippen molar-refractivity contribution in [3.05, 3.63) is 87.9 Å². The maximum Gasteiger partial charge on any atom is 0.264 e. The highest BCUT2D eigenvalue weighted by atomic mass is 35.5. The Hall–Kier alpha value is -3.27. The van der Waals surface area contributed by atoms with Crippen LogP contribution in [0.2, 0.25) is 10.0 Å². The van der Waals surface area contributed by atoms with Crippen LogP contribution in [0.5, 0.6) is 5.75 Å². The number of aryl methyl sites for hydroxylation is 1. The summed E-state index contributed by atoms with van der Waals surface area (Å²) in [4.78, 5) is 29.0. The summed E-state index contributed by atoms with van der Waals surface area (Å²) in [6.45, 7) is 9.24. The highest BCUT2D eigenvalue weighted by Gasteiger charge is 2.34. The summed E-state index contributed by atoms with van der Waals surface area (Å²) in [5.74, 6) is -0.359. The molecule has 1 N–H and O–H groups in total. The molecule has 3 aromatic rings. The number of anilines is 1. The lowest BCUT2D eigenvalue weighted by atomic mass is 10.1. The van der Waals surface area contributed by atoms with Crippen LogP contribution in [-0.4, -0.2) is 50.4 Å². The SMILES string of the molecule is CCOc1ccc(S(=O)(=O)N(CC(=O)N(Cc2ccc(Cl)cc2Cl)[C@H](CC)C(=O)N[C@H](C)CC)c2ccc(C)cc2)cc1. The molecule has 0 heterocycles. The fourth-order valence-corrected chi connectivity index (χ4v) is 6.32. The summed E-state index contributed by atoms with van der Waals surface area (Å²) < 4.78 is 34.6. The number of carbonyl (C=O) groups is 2. The molecule has 8 nitrogen and oxygen atoms in total. The van der Waals surface area contributed by atoms with E-state index in [1.54, 1.807) is 61.5 Å². The fourth-order valence-electron chi connectivity index (χ4n) is 4.44. The molecule has 11 heteroatoms. The predicted molar refractivity (Wildman–Crippen MR) is 172 cm³/mol. The molecule has 0 aliphatic heterocycles. The number of carbonyl (C=O) groups excluding carboxylic acids is 2. The summed E-state index contributed by atoms with van der Waals surface area (Å²) in [6.07, 6.45) is 1.01. The van der Waals surface area contributed by atoms with E-state index in [9.17, 15) is 18.0 Å². The molecule has 0 spiro atoms. The Labute approximate surface area is 265 Å². The second-order valence-corrected chi connectivity index (χ2v) is 13.0. The van der Waals surface area contributed by atoms with E-state index in [1.165, 1.54) is 17.0 Å². The molecule has 0 unspecified atom stereocenters. The van der Waals surface area contributed by atoms with Crippen molar-refractivity contribution < 1.29 is 22.7 Å². The van der Waals surface area contributed by atoms with Crippen LogP contribution in [0.4, 0.5) is 5.69 Å². The highest BCUT2D eigenvalue weighted by molar-refractivity contribution is 7.92. The molecule has 0 fully saturated rings. The standard InChI is InChI=1S/C32H39Cl2N3O5S/c1-6-23(5)35-32(39)30(7-2)36(20-24-11-12-25(33)19-29(24)34)31(38)21-37(26-13-9-22(4)10-14-26)43(40,41)28-17-15-27(16-18-28)42-8-3/h9-19,23,30H,6-8,20-21H2,1-5H3,(H,35,39)/t23-,30-/m1/s1. The van der Waals surface area contributed by atoms with Gasteiger partial charge in [-0.25, -0.2) is 8.42 Å². The fraction of sp³-hybridized carbons (Fsp3) is 0.375. The number of hydrogen-bond donors (Lipinski definition) is 1. The molecule has 232 valence electrons. The van der Waals surface area contributed by atoms with E-state index in [1.807, 2.05) is 27.7 Å². The third-order valence-electron chi connectivity index (χ3n) is 7.07. The molecule has 0 radical (unpaired) electrons. The van der Waals surface area contributed by atoms with Crippen LogP contribution in [0.15, 0.2) is 71.6 Å². The Bertz CT molecular complexity index is 1500. The molecule has 0 aliphatic carbocycles. The largest absolute Gasteiger partial charge is 0.494 e. The van der Waals surface area contributed by atoms with Gasteiger partial charge in [0.05, 0.1) is 17.2 Å². The predicted octanol–water partition coefficient (Wildman–Crippen LogP) is 6.62. The third-order valence-corrected chi connectivity index (χ3v) is 9.44. The summed E-state index contributed by atoms with van der Waals surface area (Å²) in [7, 11) is -4.20. The van der Waals surface area contributed by atoms with Gasteiger partial charge in [-0.05, 0) is 87.7 Å². The Morgan fingerprint density at radius 3 is 2.14 bits per heavy atom. The number of ether oxygens (including phenoxy) is 1. The number of rotatable bonds is 14. The zero-order valence-corrected chi connectivity index (χ0v) is 27.5. The van der Waals surface area contributed by atoms with E-state index in [2.05, 4.69) is 5.32 Å². The quantitative estimate of drug-likeness (QED) is 0.212. The number of hydrogen-bond acceptors (Lipinski definition) is 5. The van der Waals surface area contributed by atoms with Crippen LogP contribution in [0.25, 0.3) is 0 Å². The minimum absolute atomic E-state index is 0.00169. The van der Waals surface area contributed by atoms with Crippen LogP contribution >= 0.6 is 23.2 Å². The van der Waals surface area contributed by atoms with Gasteiger partial charge in [0.1, 0.15) is 18.3 Å². The molecular weight excluding hydrogens is 609 g/mol. The molecule has 0 saturated carbocycles. The van der Waals surface area contributed by atoms with E-state index < -0.39 is 28.5 Å². The number of nitrogens with zero attached hydrogens (tertiary/aromatic N) is 2. The van der Waals surface area contributed by atoms with E-state index >= 15 is 0 Å². The van der Waals surface area contributed by atoms with Crippen molar-refractivity contribution >= 4 is 50.7 Å². The van der Waals surface area contributed by atoms with Crippen molar-refractivity contribution in [2.45, 2.75) is 71.0 Å². The van der Waals surface area contributed by atoms with Crippen molar-refractivity contribution in [2.24, 2.45) is 0 Å².